The average molecular weight is 619 g/mol. The van der Waals surface area contributed by atoms with Crippen molar-refractivity contribution in [3.05, 3.63) is 41.2 Å². The van der Waals surface area contributed by atoms with Crippen LogP contribution in [0.25, 0.3) is 11.3 Å². The van der Waals surface area contributed by atoms with Gasteiger partial charge in [-0.3, -0.25) is 14.3 Å². The largest absolute Gasteiger partial charge is 0.494 e. The van der Waals surface area contributed by atoms with Crippen molar-refractivity contribution >= 4 is 35.1 Å². The topological polar surface area (TPSA) is 153 Å². The van der Waals surface area contributed by atoms with Crippen molar-refractivity contribution in [2.45, 2.75) is 64.9 Å². The molecule has 1 aromatic carbocycles. The van der Waals surface area contributed by atoms with Crippen LogP contribution in [0.3, 0.4) is 0 Å². The molecule has 0 bridgehead atoms. The van der Waals surface area contributed by atoms with E-state index in [1.165, 1.54) is 7.05 Å². The molecule has 2 aliphatic rings. The molecule has 13 heteroatoms. The minimum atomic E-state index is -0.530. The Morgan fingerprint density at radius 1 is 1.00 bits per heavy atom. The zero-order valence-electron chi connectivity index (χ0n) is 27.0. The molecule has 0 unspecified atom stereocenters. The van der Waals surface area contributed by atoms with Crippen LogP contribution in [0.2, 0.25) is 0 Å². The summed E-state index contributed by atoms with van der Waals surface area (Å²) in [5.41, 5.74) is 4.08. The molecule has 1 saturated carbocycles. The molecule has 3 amide bonds. The average Bonchev–Trinajstić information content (AvgIpc) is 3.78. The fourth-order valence-electron chi connectivity index (χ4n) is 5.53. The first-order chi connectivity index (χ1) is 21.4. The summed E-state index contributed by atoms with van der Waals surface area (Å²) < 4.78 is 13.4. The number of likely N-dealkylation sites (tertiary alicyclic amines) is 1. The molecule has 3 aromatic rings. The van der Waals surface area contributed by atoms with Crippen molar-refractivity contribution < 1.29 is 23.9 Å². The third-order valence-electron chi connectivity index (χ3n) is 8.01. The first-order valence-corrected chi connectivity index (χ1v) is 15.3. The van der Waals surface area contributed by atoms with Crippen LogP contribution in [0.15, 0.2) is 24.3 Å². The monoisotopic (exact) mass is 618 g/mol. The number of ether oxygens (including phenoxy) is 2. The number of nitrogens with one attached hydrogen (secondary N) is 3. The Morgan fingerprint density at radius 2 is 1.71 bits per heavy atom. The molecule has 45 heavy (non-hydrogen) atoms. The van der Waals surface area contributed by atoms with Crippen molar-refractivity contribution in [3.8, 4) is 17.0 Å². The molecule has 3 N–H and O–H groups in total. The lowest BCUT2D eigenvalue weighted by Crippen LogP contribution is -2.41. The zero-order chi connectivity index (χ0) is 32.5. The van der Waals surface area contributed by atoms with Gasteiger partial charge in [0.25, 0.3) is 5.91 Å². The second-order valence-corrected chi connectivity index (χ2v) is 12.6. The number of piperidine rings is 1. The predicted octanol–water partition coefficient (Wildman–Crippen LogP) is 4.76. The van der Waals surface area contributed by atoms with Gasteiger partial charge in [0, 0.05) is 56.3 Å². The first kappa shape index (κ1) is 31.7. The highest BCUT2D eigenvalue weighted by molar-refractivity contribution is 6.00. The van der Waals surface area contributed by atoms with Crippen LogP contribution in [0.5, 0.6) is 5.75 Å². The molecule has 13 nitrogen and oxygen atoms in total. The molecule has 0 spiro atoms. The Labute approximate surface area is 263 Å². The first-order valence-electron chi connectivity index (χ1n) is 15.3. The summed E-state index contributed by atoms with van der Waals surface area (Å²) in [6.45, 7) is 8.83. The number of nitrogens with zero attached hydrogens (tertiary/aromatic N) is 5. The van der Waals surface area contributed by atoms with Gasteiger partial charge in [0.2, 0.25) is 5.91 Å². The minimum Gasteiger partial charge on any atom is -0.494 e. The van der Waals surface area contributed by atoms with E-state index in [1.54, 1.807) is 18.1 Å². The summed E-state index contributed by atoms with van der Waals surface area (Å²) in [6, 6.07) is 7.50. The molecule has 0 atom stereocenters. The van der Waals surface area contributed by atoms with Gasteiger partial charge in [0.1, 0.15) is 5.60 Å². The summed E-state index contributed by atoms with van der Waals surface area (Å²) in [7, 11) is 5.03. The Bertz CT molecular complexity index is 1600. The Morgan fingerprint density at radius 3 is 2.33 bits per heavy atom. The zero-order valence-corrected chi connectivity index (χ0v) is 27.0. The predicted molar refractivity (Wildman–Crippen MR) is 170 cm³/mol. The van der Waals surface area contributed by atoms with E-state index in [2.05, 4.69) is 32.2 Å². The molecule has 0 radical (unpaired) electrons. The molecule has 3 heterocycles. The van der Waals surface area contributed by atoms with Crippen molar-refractivity contribution in [2.24, 2.45) is 13.0 Å². The summed E-state index contributed by atoms with van der Waals surface area (Å²) in [5, 5.41) is 21.7. The van der Waals surface area contributed by atoms with Crippen LogP contribution in [-0.2, 0) is 16.6 Å². The summed E-state index contributed by atoms with van der Waals surface area (Å²) in [6.07, 6.45) is 3.02. The maximum atomic E-state index is 12.7. The number of aryl methyl sites for hydroxylation is 2. The molecular weight excluding hydrogens is 576 g/mol. The van der Waals surface area contributed by atoms with E-state index in [0.29, 0.717) is 30.2 Å². The smallest absolute Gasteiger partial charge is 0.410 e. The number of amides is 3. The number of methoxy groups -OCH3 is 1. The summed E-state index contributed by atoms with van der Waals surface area (Å²) in [5.74, 6) is 0.471. The SMILES string of the molecule is CNC(=O)c1nnc(NC(=O)C2CC2)cc1Nc1ccc(C)c(-c2cc(C3CCN(C(=O)OC(C)(C)C)CC3)n(C)n2)c1OC. The standard InChI is InChI=1S/C32H42N8O5/c1-18-8-11-21(34-23-17-25(35-29(41)20-9-10-20)36-37-27(23)30(42)33-5)28(44-7)26(18)22-16-24(39(6)38-22)19-12-14-40(15-13-19)31(43)45-32(2,3)4/h8,11,16-17,19-20H,9-10,12-15H2,1-7H3,(H,33,42)(H2,34,35,36,41). The normalized spacial score (nSPS) is 15.4. The van der Waals surface area contributed by atoms with Crippen molar-refractivity contribution in [3.63, 3.8) is 0 Å². The molecule has 2 aromatic heterocycles. The number of aromatic nitrogens is 4. The van der Waals surface area contributed by atoms with Gasteiger partial charge in [0.15, 0.2) is 17.3 Å². The van der Waals surface area contributed by atoms with Crippen molar-refractivity contribution in [1.82, 2.24) is 30.2 Å². The quantitative estimate of drug-likeness (QED) is 0.324. The lowest BCUT2D eigenvalue weighted by molar-refractivity contribution is -0.117. The van der Waals surface area contributed by atoms with Crippen molar-refractivity contribution in [2.75, 3.05) is 37.9 Å². The lowest BCUT2D eigenvalue weighted by atomic mass is 9.92. The minimum absolute atomic E-state index is 0.0117. The van der Waals surface area contributed by atoms with Gasteiger partial charge in [-0.2, -0.15) is 5.10 Å². The van der Waals surface area contributed by atoms with Crippen LogP contribution in [0, 0.1) is 12.8 Å². The number of benzene rings is 1. The number of hydrogen-bond acceptors (Lipinski definition) is 9. The maximum absolute atomic E-state index is 12.7. The van der Waals surface area contributed by atoms with E-state index in [1.807, 2.05) is 51.6 Å². The van der Waals surface area contributed by atoms with E-state index in [4.69, 9.17) is 14.6 Å². The van der Waals surface area contributed by atoms with E-state index in [-0.39, 0.29) is 35.3 Å². The maximum Gasteiger partial charge on any atom is 0.410 e. The van der Waals surface area contributed by atoms with Crippen LogP contribution in [0.4, 0.5) is 22.0 Å². The molecule has 5 rings (SSSR count). The Kier molecular flexibility index (Phi) is 8.98. The van der Waals surface area contributed by atoms with Gasteiger partial charge in [0.05, 0.1) is 24.2 Å². The van der Waals surface area contributed by atoms with Gasteiger partial charge < -0.3 is 30.3 Å². The van der Waals surface area contributed by atoms with Crippen LogP contribution < -0.4 is 20.7 Å². The third-order valence-corrected chi connectivity index (χ3v) is 8.01. The van der Waals surface area contributed by atoms with Crippen LogP contribution in [-0.4, -0.2) is 75.6 Å². The van der Waals surface area contributed by atoms with Gasteiger partial charge in [-0.1, -0.05) is 6.07 Å². The molecule has 1 aliphatic carbocycles. The number of anilines is 3. The number of rotatable bonds is 8. The number of hydrogen-bond donors (Lipinski definition) is 3. The van der Waals surface area contributed by atoms with Gasteiger partial charge in [-0.15, -0.1) is 10.2 Å². The van der Waals surface area contributed by atoms with E-state index in [0.717, 1.165) is 48.2 Å². The van der Waals surface area contributed by atoms with Crippen LogP contribution >= 0.6 is 0 Å². The van der Waals surface area contributed by atoms with Gasteiger partial charge in [-0.25, -0.2) is 4.79 Å². The third kappa shape index (κ3) is 7.18. The Hall–Kier alpha value is -4.68. The van der Waals surface area contributed by atoms with Gasteiger partial charge in [-0.05, 0) is 71.1 Å². The molecule has 1 aliphatic heterocycles. The second kappa shape index (κ2) is 12.7. The van der Waals surface area contributed by atoms with Gasteiger partial charge >= 0.3 is 6.09 Å². The molecular formula is C32H42N8O5. The van der Waals surface area contributed by atoms with Crippen molar-refractivity contribution in [1.29, 1.82) is 0 Å². The van der Waals surface area contributed by atoms with E-state index >= 15 is 0 Å². The summed E-state index contributed by atoms with van der Waals surface area (Å²) >= 11 is 0. The highest BCUT2D eigenvalue weighted by atomic mass is 16.6. The Balaban J connectivity index is 1.41. The fraction of sp³-hybridized carbons (Fsp3) is 0.500. The number of carbonyl (C=O) groups is 3. The highest BCUT2D eigenvalue weighted by Gasteiger charge is 2.31. The van der Waals surface area contributed by atoms with Crippen LogP contribution in [0.1, 0.15) is 74.1 Å². The van der Waals surface area contributed by atoms with E-state index < -0.39 is 11.5 Å². The molecule has 240 valence electrons. The molecule has 2 fully saturated rings. The number of carbonyl (C=O) groups excluding carboxylic acids is 3. The second-order valence-electron chi connectivity index (χ2n) is 12.6. The highest BCUT2D eigenvalue weighted by Crippen LogP contribution is 2.42. The summed E-state index contributed by atoms with van der Waals surface area (Å²) in [4.78, 5) is 39.4. The molecule has 1 saturated heterocycles. The van der Waals surface area contributed by atoms with E-state index in [9.17, 15) is 14.4 Å². The lowest BCUT2D eigenvalue weighted by Gasteiger charge is -2.33. The fourth-order valence-corrected chi connectivity index (χ4v) is 5.53.